The molecule has 1 amide bonds. The van der Waals surface area contributed by atoms with Gasteiger partial charge in [0, 0.05) is 18.1 Å². The van der Waals surface area contributed by atoms with E-state index >= 15 is 0 Å². The zero-order valence-corrected chi connectivity index (χ0v) is 19.1. The highest BCUT2D eigenvalue weighted by Crippen LogP contribution is 2.31. The molecule has 0 saturated carbocycles. The lowest BCUT2D eigenvalue weighted by molar-refractivity contribution is 0.0220. The highest BCUT2D eigenvalue weighted by atomic mass is 79.9. The number of methoxy groups -OCH3 is 1. The zero-order valence-electron chi connectivity index (χ0n) is 17.6. The minimum absolute atomic E-state index is 0.238. The number of rotatable bonds is 6. The summed E-state index contributed by atoms with van der Waals surface area (Å²) in [5.74, 6) is 0.204. The van der Waals surface area contributed by atoms with E-state index in [1.165, 1.54) is 0 Å². The van der Waals surface area contributed by atoms with Gasteiger partial charge in [-0.15, -0.1) is 5.10 Å². The number of ether oxygens (including phenoxy) is 2. The molecule has 4 heterocycles. The second kappa shape index (κ2) is 8.45. The summed E-state index contributed by atoms with van der Waals surface area (Å²) in [5.41, 5.74) is 8.87. The largest absolute Gasteiger partial charge is 0.383 e. The summed E-state index contributed by atoms with van der Waals surface area (Å²) in [6.45, 7) is 5.34. The van der Waals surface area contributed by atoms with Crippen molar-refractivity contribution < 1.29 is 14.3 Å². The van der Waals surface area contributed by atoms with E-state index < -0.39 is 5.54 Å². The zero-order chi connectivity index (χ0) is 22.2. The van der Waals surface area contributed by atoms with Gasteiger partial charge in [0.15, 0.2) is 0 Å². The van der Waals surface area contributed by atoms with E-state index in [4.69, 9.17) is 15.2 Å². The quantitative estimate of drug-likeness (QED) is 0.565. The van der Waals surface area contributed by atoms with Crippen LogP contribution in [0.4, 0.5) is 5.82 Å². The molecule has 0 unspecified atom stereocenters. The molecule has 31 heavy (non-hydrogen) atoms. The number of hydrogen-bond acceptors (Lipinski definition) is 8. The van der Waals surface area contributed by atoms with Crippen LogP contribution in [0.1, 0.15) is 41.2 Å². The fourth-order valence-corrected chi connectivity index (χ4v) is 3.92. The summed E-state index contributed by atoms with van der Waals surface area (Å²) in [5, 5.41) is 9.04. The molecular weight excluding hydrogens is 464 g/mol. The number of fused-ring (bicyclic) bond motifs is 3. The molecule has 4 rings (SSSR count). The van der Waals surface area contributed by atoms with Crippen LogP contribution in [0, 0.1) is 0 Å². The molecule has 3 aromatic rings. The molecule has 0 saturated heterocycles. The molecule has 9 nitrogen and oxygen atoms in total. The van der Waals surface area contributed by atoms with Crippen LogP contribution >= 0.6 is 15.9 Å². The van der Waals surface area contributed by atoms with Crippen molar-refractivity contribution in [2.75, 3.05) is 19.5 Å². The first-order chi connectivity index (χ1) is 14.8. The Morgan fingerprint density at radius 1 is 1.29 bits per heavy atom. The summed E-state index contributed by atoms with van der Waals surface area (Å²) in [6.07, 6.45) is 1.58. The number of carbonyl (C=O) groups excluding carboxylic acids is 1. The minimum Gasteiger partial charge on any atom is -0.383 e. The van der Waals surface area contributed by atoms with Crippen molar-refractivity contribution in [3.05, 3.63) is 51.5 Å². The van der Waals surface area contributed by atoms with Gasteiger partial charge in [-0.1, -0.05) is 0 Å². The first-order valence-corrected chi connectivity index (χ1v) is 10.5. The number of nitrogen functional groups attached to an aromatic ring is 1. The van der Waals surface area contributed by atoms with Gasteiger partial charge < -0.3 is 20.1 Å². The van der Waals surface area contributed by atoms with E-state index in [2.05, 4.69) is 36.1 Å². The van der Waals surface area contributed by atoms with Crippen LogP contribution in [0.25, 0.3) is 10.9 Å². The number of halogens is 1. The van der Waals surface area contributed by atoms with Gasteiger partial charge in [-0.25, -0.2) is 9.97 Å². The lowest BCUT2D eigenvalue weighted by atomic mass is 10.0. The van der Waals surface area contributed by atoms with Gasteiger partial charge in [0.25, 0.3) is 5.91 Å². The molecule has 1 aliphatic rings. The predicted molar refractivity (Wildman–Crippen MR) is 118 cm³/mol. The molecule has 0 aromatic carbocycles. The predicted octanol–water partition coefficient (Wildman–Crippen LogP) is 2.86. The summed E-state index contributed by atoms with van der Waals surface area (Å²) < 4.78 is 11.6. The number of carbonyl (C=O) groups is 1. The maximum absolute atomic E-state index is 13.6. The fourth-order valence-electron chi connectivity index (χ4n) is 3.71. The van der Waals surface area contributed by atoms with Gasteiger partial charge in [-0.2, -0.15) is 5.10 Å². The van der Waals surface area contributed by atoms with E-state index in [0.29, 0.717) is 47.1 Å². The second-order valence-electron chi connectivity index (χ2n) is 8.02. The molecule has 0 fully saturated rings. The lowest BCUT2D eigenvalue weighted by Gasteiger charge is -2.37. The Labute approximate surface area is 188 Å². The van der Waals surface area contributed by atoms with Crippen molar-refractivity contribution in [2.24, 2.45) is 0 Å². The summed E-state index contributed by atoms with van der Waals surface area (Å²) in [7, 11) is 1.61. The number of anilines is 1. The molecule has 0 atom stereocenters. The molecule has 10 heteroatoms. The van der Waals surface area contributed by atoms with Crippen LogP contribution in [-0.4, -0.2) is 50.2 Å². The van der Waals surface area contributed by atoms with Gasteiger partial charge in [0.2, 0.25) is 0 Å². The van der Waals surface area contributed by atoms with Crippen molar-refractivity contribution in [2.45, 2.75) is 39.1 Å². The third-order valence-electron chi connectivity index (χ3n) is 5.32. The Bertz CT molecular complexity index is 1140. The topological polar surface area (TPSA) is 116 Å². The summed E-state index contributed by atoms with van der Waals surface area (Å²) in [6, 6.07) is 5.38. The molecule has 0 spiro atoms. The summed E-state index contributed by atoms with van der Waals surface area (Å²) >= 11 is 3.28. The Morgan fingerprint density at radius 2 is 2.06 bits per heavy atom. The number of pyridine rings is 2. The van der Waals surface area contributed by atoms with Crippen LogP contribution in [0.5, 0.6) is 0 Å². The SMILES string of the molecule is COCC(C)(C)N(Cc1ccc(Br)nn1)C(=O)c1cc2c3c(c(N)nc2cn1)COC3. The van der Waals surface area contributed by atoms with Crippen molar-refractivity contribution >= 4 is 38.6 Å². The van der Waals surface area contributed by atoms with E-state index in [0.717, 1.165) is 16.5 Å². The highest BCUT2D eigenvalue weighted by molar-refractivity contribution is 9.10. The molecule has 1 aliphatic heterocycles. The number of nitrogens with two attached hydrogens (primary N) is 1. The van der Waals surface area contributed by atoms with Crippen molar-refractivity contribution in [3.63, 3.8) is 0 Å². The van der Waals surface area contributed by atoms with E-state index in [1.807, 2.05) is 19.9 Å². The molecule has 3 aromatic heterocycles. The Morgan fingerprint density at radius 3 is 2.77 bits per heavy atom. The third kappa shape index (κ3) is 4.23. The average molecular weight is 487 g/mol. The first-order valence-electron chi connectivity index (χ1n) is 9.74. The normalized spacial score (nSPS) is 13.4. The number of amides is 1. The highest BCUT2D eigenvalue weighted by Gasteiger charge is 2.33. The Kier molecular flexibility index (Phi) is 5.87. The van der Waals surface area contributed by atoms with E-state index in [1.54, 1.807) is 30.3 Å². The molecule has 0 bridgehead atoms. The van der Waals surface area contributed by atoms with Crippen molar-refractivity contribution in [1.29, 1.82) is 0 Å². The van der Waals surface area contributed by atoms with Crippen LogP contribution in [0.3, 0.4) is 0 Å². The summed E-state index contributed by atoms with van der Waals surface area (Å²) in [4.78, 5) is 24.1. The monoisotopic (exact) mass is 486 g/mol. The van der Waals surface area contributed by atoms with Gasteiger partial charge in [0.05, 0.1) is 49.3 Å². The van der Waals surface area contributed by atoms with Crippen LogP contribution in [-0.2, 0) is 29.2 Å². The van der Waals surface area contributed by atoms with Gasteiger partial charge in [-0.3, -0.25) is 4.79 Å². The standard InChI is InChI=1S/C21H23BrN6O3/c1-21(2,11-30-3)28(8-12-4-5-18(22)27-26-12)20(29)16-6-13-14-9-31-10-15(14)19(23)25-17(13)7-24-16/h4-7H,8-11H2,1-3H3,(H2,23,25). The molecule has 162 valence electrons. The molecule has 2 N–H and O–H groups in total. The lowest BCUT2D eigenvalue weighted by Crippen LogP contribution is -2.50. The fraction of sp³-hybridized carbons (Fsp3) is 0.381. The third-order valence-corrected chi connectivity index (χ3v) is 5.74. The number of aromatic nitrogens is 4. The van der Waals surface area contributed by atoms with E-state index in [-0.39, 0.29) is 12.5 Å². The maximum Gasteiger partial charge on any atom is 0.273 e. The Balaban J connectivity index is 1.74. The van der Waals surface area contributed by atoms with Crippen molar-refractivity contribution in [3.8, 4) is 0 Å². The Hall–Kier alpha value is -2.69. The van der Waals surface area contributed by atoms with Gasteiger partial charge in [-0.05, 0) is 53.5 Å². The van der Waals surface area contributed by atoms with Crippen LogP contribution < -0.4 is 5.73 Å². The second-order valence-corrected chi connectivity index (χ2v) is 8.83. The average Bonchev–Trinajstić information content (AvgIpc) is 3.23. The molecule has 0 aliphatic carbocycles. The first kappa shape index (κ1) is 21.5. The smallest absolute Gasteiger partial charge is 0.273 e. The minimum atomic E-state index is -0.609. The number of hydrogen-bond donors (Lipinski definition) is 1. The van der Waals surface area contributed by atoms with E-state index in [9.17, 15) is 4.79 Å². The molecular formula is C21H23BrN6O3. The van der Waals surface area contributed by atoms with Crippen molar-refractivity contribution in [1.82, 2.24) is 25.1 Å². The maximum atomic E-state index is 13.6. The van der Waals surface area contributed by atoms with Gasteiger partial charge >= 0.3 is 0 Å². The molecule has 0 radical (unpaired) electrons. The number of nitrogens with zero attached hydrogens (tertiary/aromatic N) is 5. The van der Waals surface area contributed by atoms with Crippen LogP contribution in [0.15, 0.2) is 29.0 Å². The van der Waals surface area contributed by atoms with Crippen LogP contribution in [0.2, 0.25) is 0 Å². The van der Waals surface area contributed by atoms with Gasteiger partial charge in [0.1, 0.15) is 16.1 Å².